The Morgan fingerprint density at radius 2 is 1.89 bits per heavy atom. The third kappa shape index (κ3) is 3.53. The van der Waals surface area contributed by atoms with Gasteiger partial charge in [-0.05, 0) is 52.7 Å². The summed E-state index contributed by atoms with van der Waals surface area (Å²) < 4.78 is 6.42. The largest absolute Gasteiger partial charge is 0.496 e. The van der Waals surface area contributed by atoms with Gasteiger partial charge in [0, 0.05) is 15.4 Å². The molecule has 100 valence electrons. The third-order valence-corrected chi connectivity index (χ3v) is 4.82. The summed E-state index contributed by atoms with van der Waals surface area (Å²) in [6, 6.07) is 14.3. The predicted octanol–water partition coefficient (Wildman–Crippen LogP) is 4.63. The summed E-state index contributed by atoms with van der Waals surface area (Å²) in [5.41, 5.74) is 7.00. The lowest BCUT2D eigenvalue weighted by Crippen LogP contribution is -2.04. The van der Waals surface area contributed by atoms with Crippen LogP contribution in [0.25, 0.3) is 0 Å². The molecule has 0 aromatic heterocycles. The summed E-state index contributed by atoms with van der Waals surface area (Å²) >= 11 is 5.28. The topological polar surface area (TPSA) is 35.2 Å². The van der Waals surface area contributed by atoms with Gasteiger partial charge in [0.15, 0.2) is 0 Å². The molecule has 2 N–H and O–H groups in total. The van der Waals surface area contributed by atoms with Gasteiger partial charge in [0.1, 0.15) is 5.75 Å². The fraction of sp³-hybridized carbons (Fsp3) is 0.200. The highest BCUT2D eigenvalue weighted by atomic mass is 79.9. The van der Waals surface area contributed by atoms with E-state index in [1.165, 1.54) is 0 Å². The van der Waals surface area contributed by atoms with E-state index in [0.29, 0.717) is 0 Å². The summed E-state index contributed by atoms with van der Waals surface area (Å²) in [6.45, 7) is 1.98. The van der Waals surface area contributed by atoms with Crippen molar-refractivity contribution in [1.29, 1.82) is 0 Å². The van der Waals surface area contributed by atoms with Gasteiger partial charge in [-0.15, -0.1) is 0 Å². The number of ether oxygens (including phenoxy) is 1. The standard InChI is InChI=1S/C15H16BrNOS/c1-10(17)11-7-8-14(12(16)9-11)19-15-6-4-3-5-13(15)18-2/h3-10H,17H2,1-2H3/t10-/m0/s1. The molecule has 0 bridgehead atoms. The van der Waals surface area contributed by atoms with Gasteiger partial charge in [-0.25, -0.2) is 0 Å². The first-order valence-electron chi connectivity index (χ1n) is 5.97. The Morgan fingerprint density at radius 1 is 1.16 bits per heavy atom. The number of halogens is 1. The average molecular weight is 338 g/mol. The van der Waals surface area contributed by atoms with Crippen molar-refractivity contribution in [3.8, 4) is 5.75 Å². The van der Waals surface area contributed by atoms with E-state index in [-0.39, 0.29) is 6.04 Å². The van der Waals surface area contributed by atoms with Gasteiger partial charge in [0.2, 0.25) is 0 Å². The number of hydrogen-bond donors (Lipinski definition) is 1. The minimum Gasteiger partial charge on any atom is -0.496 e. The molecular weight excluding hydrogens is 322 g/mol. The average Bonchev–Trinajstić information content (AvgIpc) is 2.41. The van der Waals surface area contributed by atoms with Crippen LogP contribution in [-0.4, -0.2) is 7.11 Å². The van der Waals surface area contributed by atoms with Crippen LogP contribution in [0, 0.1) is 0 Å². The van der Waals surface area contributed by atoms with Crippen LogP contribution in [0.5, 0.6) is 5.75 Å². The SMILES string of the molecule is COc1ccccc1Sc1ccc([C@H](C)N)cc1Br. The number of methoxy groups -OCH3 is 1. The smallest absolute Gasteiger partial charge is 0.132 e. The lowest BCUT2D eigenvalue weighted by molar-refractivity contribution is 0.405. The molecular formula is C15H16BrNOS. The van der Waals surface area contributed by atoms with Gasteiger partial charge in [0.25, 0.3) is 0 Å². The summed E-state index contributed by atoms with van der Waals surface area (Å²) in [5.74, 6) is 0.885. The quantitative estimate of drug-likeness (QED) is 0.883. The summed E-state index contributed by atoms with van der Waals surface area (Å²) in [4.78, 5) is 2.24. The molecule has 2 aromatic carbocycles. The van der Waals surface area contributed by atoms with E-state index in [9.17, 15) is 0 Å². The molecule has 19 heavy (non-hydrogen) atoms. The molecule has 0 aliphatic heterocycles. The van der Waals surface area contributed by atoms with Crippen LogP contribution in [-0.2, 0) is 0 Å². The van der Waals surface area contributed by atoms with Gasteiger partial charge in [-0.1, -0.05) is 30.0 Å². The van der Waals surface area contributed by atoms with E-state index in [1.807, 2.05) is 25.1 Å². The lowest BCUT2D eigenvalue weighted by atomic mass is 10.1. The highest BCUT2D eigenvalue weighted by Gasteiger charge is 2.09. The van der Waals surface area contributed by atoms with E-state index in [1.54, 1.807) is 18.9 Å². The van der Waals surface area contributed by atoms with Crippen molar-refractivity contribution in [3.05, 3.63) is 52.5 Å². The third-order valence-electron chi connectivity index (χ3n) is 2.77. The van der Waals surface area contributed by atoms with Crippen molar-refractivity contribution in [2.45, 2.75) is 22.8 Å². The van der Waals surface area contributed by atoms with Crippen molar-refractivity contribution in [3.63, 3.8) is 0 Å². The minimum atomic E-state index is 0.0432. The number of para-hydroxylation sites is 1. The van der Waals surface area contributed by atoms with Crippen molar-refractivity contribution in [2.75, 3.05) is 7.11 Å². The molecule has 2 aromatic rings. The Bertz CT molecular complexity index is 572. The van der Waals surface area contributed by atoms with E-state index in [4.69, 9.17) is 10.5 Å². The molecule has 2 nitrogen and oxygen atoms in total. The van der Waals surface area contributed by atoms with E-state index >= 15 is 0 Å². The Balaban J connectivity index is 2.28. The molecule has 0 saturated carbocycles. The van der Waals surface area contributed by atoms with Crippen LogP contribution < -0.4 is 10.5 Å². The first-order valence-corrected chi connectivity index (χ1v) is 7.58. The van der Waals surface area contributed by atoms with Crippen molar-refractivity contribution in [2.24, 2.45) is 5.73 Å². The van der Waals surface area contributed by atoms with Gasteiger partial charge < -0.3 is 10.5 Å². The maximum Gasteiger partial charge on any atom is 0.132 e. The molecule has 0 aliphatic carbocycles. The molecule has 0 radical (unpaired) electrons. The molecule has 4 heteroatoms. The number of hydrogen-bond acceptors (Lipinski definition) is 3. The van der Waals surface area contributed by atoms with Crippen LogP contribution >= 0.6 is 27.7 Å². The summed E-state index contributed by atoms with van der Waals surface area (Å²) in [7, 11) is 1.69. The second-order valence-electron chi connectivity index (χ2n) is 4.23. The highest BCUT2D eigenvalue weighted by molar-refractivity contribution is 9.10. The van der Waals surface area contributed by atoms with Crippen molar-refractivity contribution < 1.29 is 4.74 Å². The Labute approximate surface area is 126 Å². The fourth-order valence-corrected chi connectivity index (χ4v) is 3.27. The highest BCUT2D eigenvalue weighted by Crippen LogP contribution is 2.38. The Morgan fingerprint density at radius 3 is 2.53 bits per heavy atom. The lowest BCUT2D eigenvalue weighted by Gasteiger charge is -2.11. The predicted molar refractivity (Wildman–Crippen MR) is 83.9 cm³/mol. The van der Waals surface area contributed by atoms with Crippen molar-refractivity contribution >= 4 is 27.7 Å². The normalized spacial score (nSPS) is 12.2. The number of rotatable bonds is 4. The molecule has 0 amide bonds. The van der Waals surface area contributed by atoms with Crippen LogP contribution in [0.3, 0.4) is 0 Å². The van der Waals surface area contributed by atoms with Gasteiger partial charge in [-0.3, -0.25) is 0 Å². The fourth-order valence-electron chi connectivity index (χ4n) is 1.70. The first kappa shape index (κ1) is 14.4. The van der Waals surface area contributed by atoms with Crippen LogP contribution in [0.15, 0.2) is 56.7 Å². The van der Waals surface area contributed by atoms with Crippen molar-refractivity contribution in [1.82, 2.24) is 0 Å². The molecule has 1 atom stereocenters. The molecule has 0 aliphatic rings. The molecule has 0 spiro atoms. The van der Waals surface area contributed by atoms with Crippen LogP contribution in [0.1, 0.15) is 18.5 Å². The summed E-state index contributed by atoms with van der Waals surface area (Å²) in [6.07, 6.45) is 0. The zero-order valence-electron chi connectivity index (χ0n) is 10.9. The Hall–Kier alpha value is -0.970. The molecule has 0 unspecified atom stereocenters. The molecule has 0 fully saturated rings. The maximum absolute atomic E-state index is 5.88. The van der Waals surface area contributed by atoms with Gasteiger partial charge >= 0.3 is 0 Å². The molecule has 0 saturated heterocycles. The van der Waals surface area contributed by atoms with E-state index < -0.39 is 0 Å². The molecule has 2 rings (SSSR count). The van der Waals surface area contributed by atoms with Crippen LogP contribution in [0.2, 0.25) is 0 Å². The van der Waals surface area contributed by atoms with E-state index in [0.717, 1.165) is 25.6 Å². The Kier molecular flexibility index (Phi) is 4.91. The summed E-state index contributed by atoms with van der Waals surface area (Å²) in [5, 5.41) is 0. The maximum atomic E-state index is 5.88. The molecule has 0 heterocycles. The zero-order valence-corrected chi connectivity index (χ0v) is 13.3. The first-order chi connectivity index (χ1) is 9.11. The van der Waals surface area contributed by atoms with Gasteiger partial charge in [-0.2, -0.15) is 0 Å². The monoisotopic (exact) mass is 337 g/mol. The second-order valence-corrected chi connectivity index (χ2v) is 6.17. The second kappa shape index (κ2) is 6.46. The van der Waals surface area contributed by atoms with Gasteiger partial charge in [0.05, 0.1) is 12.0 Å². The minimum absolute atomic E-state index is 0.0432. The van der Waals surface area contributed by atoms with Crippen LogP contribution in [0.4, 0.5) is 0 Å². The number of benzene rings is 2. The van der Waals surface area contributed by atoms with E-state index in [2.05, 4.69) is 40.2 Å². The zero-order chi connectivity index (χ0) is 13.8. The number of nitrogens with two attached hydrogens (primary N) is 1.